The Balaban J connectivity index is 2.41. The number of amides is 2. The summed E-state index contributed by atoms with van der Waals surface area (Å²) in [5.41, 5.74) is 5.01. The lowest BCUT2D eigenvalue weighted by Crippen LogP contribution is -2.29. The van der Waals surface area contributed by atoms with E-state index in [4.69, 9.17) is 17.3 Å². The predicted octanol–water partition coefficient (Wildman–Crippen LogP) is 0.560. The lowest BCUT2D eigenvalue weighted by Gasteiger charge is -2.05. The van der Waals surface area contributed by atoms with E-state index in [1.54, 1.807) is 12.1 Å². The Kier molecular flexibility index (Phi) is 4.53. The Morgan fingerprint density at radius 3 is 2.94 bits per heavy atom. The molecule has 1 aromatic rings. The molecule has 0 aliphatic rings. The minimum absolute atomic E-state index is 0.0129. The minimum Gasteiger partial charge on any atom is -0.448 e. The number of nitrogens with zero attached hydrogens (tertiary/aromatic N) is 1. The summed E-state index contributed by atoms with van der Waals surface area (Å²) in [7, 11) is 0. The Morgan fingerprint density at radius 1 is 1.56 bits per heavy atom. The van der Waals surface area contributed by atoms with Crippen LogP contribution in [-0.2, 0) is 4.74 Å². The largest absolute Gasteiger partial charge is 0.448 e. The van der Waals surface area contributed by atoms with Crippen LogP contribution in [0.1, 0.15) is 10.4 Å². The number of carbonyl (C=O) groups excluding carboxylic acids is 2. The van der Waals surface area contributed by atoms with Crippen molar-refractivity contribution in [1.82, 2.24) is 10.3 Å². The van der Waals surface area contributed by atoms with E-state index in [1.165, 1.54) is 6.20 Å². The van der Waals surface area contributed by atoms with E-state index in [0.717, 1.165) is 0 Å². The van der Waals surface area contributed by atoms with Gasteiger partial charge in [-0.25, -0.2) is 9.78 Å². The first-order chi connectivity index (χ1) is 7.61. The molecule has 0 aromatic carbocycles. The molecule has 1 aromatic heterocycles. The van der Waals surface area contributed by atoms with Crippen molar-refractivity contribution < 1.29 is 14.3 Å². The quantitative estimate of drug-likeness (QED) is 0.597. The maximum absolute atomic E-state index is 11.5. The number of pyridine rings is 1. The van der Waals surface area contributed by atoms with E-state index < -0.39 is 6.09 Å². The highest BCUT2D eigenvalue weighted by atomic mass is 35.5. The Morgan fingerprint density at radius 2 is 2.31 bits per heavy atom. The molecule has 0 unspecified atom stereocenters. The van der Waals surface area contributed by atoms with Crippen LogP contribution in [0.5, 0.6) is 0 Å². The molecule has 0 spiro atoms. The molecule has 6 nitrogen and oxygen atoms in total. The molecule has 0 saturated heterocycles. The second kappa shape index (κ2) is 5.92. The molecule has 16 heavy (non-hydrogen) atoms. The normalized spacial score (nSPS) is 9.56. The Bertz CT molecular complexity index is 397. The van der Waals surface area contributed by atoms with E-state index in [0.29, 0.717) is 0 Å². The molecule has 86 valence electrons. The summed E-state index contributed by atoms with van der Waals surface area (Å²) in [5.74, 6) is -0.383. The van der Waals surface area contributed by atoms with Gasteiger partial charge in [-0.2, -0.15) is 0 Å². The first-order valence-corrected chi connectivity index (χ1v) is 4.80. The molecule has 2 amide bonds. The average Bonchev–Trinajstić information content (AvgIpc) is 2.24. The molecule has 0 radical (unpaired) electrons. The highest BCUT2D eigenvalue weighted by Gasteiger charge is 2.09. The topological polar surface area (TPSA) is 94.3 Å². The molecule has 0 bridgehead atoms. The van der Waals surface area contributed by atoms with Gasteiger partial charge in [-0.15, -0.1) is 0 Å². The number of halogens is 1. The van der Waals surface area contributed by atoms with E-state index in [9.17, 15) is 9.59 Å². The van der Waals surface area contributed by atoms with Crippen LogP contribution in [0.2, 0.25) is 5.15 Å². The van der Waals surface area contributed by atoms with E-state index in [1.807, 2.05) is 0 Å². The number of carbonyl (C=O) groups is 2. The van der Waals surface area contributed by atoms with Crippen molar-refractivity contribution in [1.29, 1.82) is 0 Å². The van der Waals surface area contributed by atoms with E-state index in [2.05, 4.69) is 15.0 Å². The van der Waals surface area contributed by atoms with Gasteiger partial charge in [0.1, 0.15) is 11.8 Å². The van der Waals surface area contributed by atoms with Crippen LogP contribution in [0.15, 0.2) is 18.3 Å². The standard InChI is InChI=1S/C9H10ClN3O3/c10-7-6(2-1-3-12-7)8(14)13-4-5-16-9(11)15/h1-3H,4-5H2,(H2,11,15)(H,13,14). The summed E-state index contributed by atoms with van der Waals surface area (Å²) in [5, 5.41) is 2.62. The number of hydrogen-bond donors (Lipinski definition) is 2. The van der Waals surface area contributed by atoms with Crippen molar-refractivity contribution in [3.8, 4) is 0 Å². The minimum atomic E-state index is -0.881. The van der Waals surface area contributed by atoms with Crippen LogP contribution >= 0.6 is 11.6 Å². The van der Waals surface area contributed by atoms with E-state index in [-0.39, 0.29) is 29.8 Å². The first kappa shape index (κ1) is 12.3. The van der Waals surface area contributed by atoms with Crippen LogP contribution in [0.4, 0.5) is 4.79 Å². The Labute approximate surface area is 96.7 Å². The summed E-state index contributed by atoms with van der Waals surface area (Å²) < 4.78 is 4.43. The number of nitrogens with one attached hydrogen (secondary N) is 1. The summed E-state index contributed by atoms with van der Waals surface area (Å²) in [6.07, 6.45) is 0.601. The van der Waals surface area contributed by atoms with Crippen LogP contribution in [0.3, 0.4) is 0 Å². The fourth-order valence-electron chi connectivity index (χ4n) is 0.967. The maximum atomic E-state index is 11.5. The van der Waals surface area contributed by atoms with Gasteiger partial charge >= 0.3 is 6.09 Å². The lowest BCUT2D eigenvalue weighted by atomic mass is 10.3. The molecular formula is C9H10ClN3O3. The van der Waals surface area contributed by atoms with Crippen molar-refractivity contribution in [3.63, 3.8) is 0 Å². The van der Waals surface area contributed by atoms with Gasteiger partial charge in [-0.3, -0.25) is 4.79 Å². The van der Waals surface area contributed by atoms with Crippen molar-refractivity contribution in [2.75, 3.05) is 13.2 Å². The average molecular weight is 244 g/mol. The number of aromatic nitrogens is 1. The van der Waals surface area contributed by atoms with Crippen LogP contribution in [-0.4, -0.2) is 30.1 Å². The zero-order valence-electron chi connectivity index (χ0n) is 8.27. The molecule has 0 atom stereocenters. The summed E-state index contributed by atoms with van der Waals surface area (Å²) in [6, 6.07) is 3.14. The lowest BCUT2D eigenvalue weighted by molar-refractivity contribution is 0.0936. The van der Waals surface area contributed by atoms with Gasteiger partial charge in [0.15, 0.2) is 0 Å². The summed E-state index contributed by atoms with van der Waals surface area (Å²) >= 11 is 5.71. The number of hydrogen-bond acceptors (Lipinski definition) is 4. The van der Waals surface area contributed by atoms with Crippen LogP contribution < -0.4 is 11.1 Å². The number of primary amides is 1. The SMILES string of the molecule is NC(=O)OCCNC(=O)c1cccnc1Cl. The summed E-state index contributed by atoms with van der Waals surface area (Å²) in [6.45, 7) is 0.173. The molecular weight excluding hydrogens is 234 g/mol. The summed E-state index contributed by atoms with van der Waals surface area (Å²) in [4.78, 5) is 25.5. The second-order valence-electron chi connectivity index (χ2n) is 2.77. The number of rotatable bonds is 4. The maximum Gasteiger partial charge on any atom is 0.404 e. The molecule has 0 saturated carbocycles. The van der Waals surface area contributed by atoms with Gasteiger partial charge in [0.05, 0.1) is 12.1 Å². The predicted molar refractivity (Wildman–Crippen MR) is 57.1 cm³/mol. The smallest absolute Gasteiger partial charge is 0.404 e. The zero-order chi connectivity index (χ0) is 12.0. The first-order valence-electron chi connectivity index (χ1n) is 4.42. The molecule has 1 heterocycles. The third-order valence-electron chi connectivity index (χ3n) is 1.64. The fraction of sp³-hybridized carbons (Fsp3) is 0.222. The monoisotopic (exact) mass is 243 g/mol. The zero-order valence-corrected chi connectivity index (χ0v) is 9.03. The second-order valence-corrected chi connectivity index (χ2v) is 3.12. The van der Waals surface area contributed by atoms with Crippen molar-refractivity contribution in [2.24, 2.45) is 5.73 Å². The van der Waals surface area contributed by atoms with Gasteiger partial charge in [0.25, 0.3) is 5.91 Å². The molecule has 0 fully saturated rings. The third kappa shape index (κ3) is 3.74. The number of nitrogens with two attached hydrogens (primary N) is 1. The van der Waals surface area contributed by atoms with Gasteiger partial charge in [0.2, 0.25) is 0 Å². The highest BCUT2D eigenvalue weighted by molar-refractivity contribution is 6.32. The van der Waals surface area contributed by atoms with Crippen molar-refractivity contribution in [2.45, 2.75) is 0 Å². The van der Waals surface area contributed by atoms with Crippen LogP contribution in [0, 0.1) is 0 Å². The van der Waals surface area contributed by atoms with Gasteiger partial charge in [-0.1, -0.05) is 11.6 Å². The van der Waals surface area contributed by atoms with Gasteiger partial charge in [-0.05, 0) is 12.1 Å². The Hall–Kier alpha value is -1.82. The van der Waals surface area contributed by atoms with Gasteiger partial charge < -0.3 is 15.8 Å². The molecule has 7 heteroatoms. The fourth-order valence-corrected chi connectivity index (χ4v) is 1.17. The highest BCUT2D eigenvalue weighted by Crippen LogP contribution is 2.10. The van der Waals surface area contributed by atoms with Crippen molar-refractivity contribution in [3.05, 3.63) is 29.0 Å². The molecule has 0 aliphatic heterocycles. The third-order valence-corrected chi connectivity index (χ3v) is 1.94. The van der Waals surface area contributed by atoms with Crippen molar-refractivity contribution >= 4 is 23.6 Å². The molecule has 0 aliphatic carbocycles. The molecule has 3 N–H and O–H groups in total. The molecule has 1 rings (SSSR count). The van der Waals surface area contributed by atoms with E-state index >= 15 is 0 Å². The van der Waals surface area contributed by atoms with Gasteiger partial charge in [0, 0.05) is 6.20 Å². The number of ether oxygens (including phenoxy) is 1. The van der Waals surface area contributed by atoms with Crippen LogP contribution in [0.25, 0.3) is 0 Å².